The molecule has 0 aliphatic carbocycles. The Hall–Kier alpha value is -1.89. The summed E-state index contributed by atoms with van der Waals surface area (Å²) in [5.74, 6) is -2.35. The Labute approximate surface area is 136 Å². The van der Waals surface area contributed by atoms with E-state index in [4.69, 9.17) is 9.47 Å². The van der Waals surface area contributed by atoms with Crippen molar-refractivity contribution in [2.24, 2.45) is 7.05 Å². The summed E-state index contributed by atoms with van der Waals surface area (Å²) < 4.78 is 12.6. The van der Waals surface area contributed by atoms with Gasteiger partial charge in [-0.2, -0.15) is 0 Å². The molecule has 0 aliphatic heterocycles. The quantitative estimate of drug-likeness (QED) is 0.599. The molecule has 0 amide bonds. The Morgan fingerprint density at radius 3 is 2.36 bits per heavy atom. The molecular weight excluding hydrogens is 352 g/mol. The van der Waals surface area contributed by atoms with Crippen LogP contribution in [0.5, 0.6) is 0 Å². The Bertz CT molecular complexity index is 693. The van der Waals surface area contributed by atoms with Gasteiger partial charge >= 0.3 is 11.9 Å². The minimum atomic E-state index is -1.11. The number of carbonyl (C=O) groups is 2. The molecule has 22 heavy (non-hydrogen) atoms. The second kappa shape index (κ2) is 6.91. The maximum Gasteiger partial charge on any atom is 0.326 e. The molecule has 0 fully saturated rings. The molecule has 2 aromatic rings. The number of hydrogen-bond acceptors (Lipinski definition) is 5. The van der Waals surface area contributed by atoms with Gasteiger partial charge < -0.3 is 14.0 Å². The van der Waals surface area contributed by atoms with Crippen molar-refractivity contribution in [2.45, 2.75) is 19.8 Å². The monoisotopic (exact) mass is 368 g/mol. The third-order valence-electron chi connectivity index (χ3n) is 3.21. The number of rotatable bonds is 5. The lowest BCUT2D eigenvalue weighted by Gasteiger charge is -2.15. The fraction of sp³-hybridized carbons (Fsp3) is 0.400. The van der Waals surface area contributed by atoms with Crippen LogP contribution in [0, 0.1) is 0 Å². The normalized spacial score (nSPS) is 11.0. The number of nitrogens with zero attached hydrogens (tertiary/aromatic N) is 2. The number of aromatic nitrogens is 2. The number of esters is 2. The van der Waals surface area contributed by atoms with Gasteiger partial charge in [-0.25, -0.2) is 4.98 Å². The van der Waals surface area contributed by atoms with Crippen LogP contribution in [0.2, 0.25) is 0 Å². The first-order valence-electron chi connectivity index (χ1n) is 6.93. The van der Waals surface area contributed by atoms with Gasteiger partial charge in [-0.05, 0) is 41.9 Å². The van der Waals surface area contributed by atoms with Crippen LogP contribution in [0.4, 0.5) is 0 Å². The SMILES string of the molecule is CCOC(=O)C(C(=O)OCC)c1cc2cc(Br)cnc2n1C. The van der Waals surface area contributed by atoms with Crippen molar-refractivity contribution >= 4 is 38.9 Å². The third kappa shape index (κ3) is 3.14. The molecule has 6 nitrogen and oxygen atoms in total. The first-order chi connectivity index (χ1) is 10.5. The number of hydrogen-bond donors (Lipinski definition) is 0. The lowest BCUT2D eigenvalue weighted by Crippen LogP contribution is -2.27. The highest BCUT2D eigenvalue weighted by atomic mass is 79.9. The fourth-order valence-electron chi connectivity index (χ4n) is 2.28. The van der Waals surface area contributed by atoms with Crippen LogP contribution in [0.3, 0.4) is 0 Å². The third-order valence-corrected chi connectivity index (χ3v) is 3.64. The molecule has 0 unspecified atom stereocenters. The van der Waals surface area contributed by atoms with E-state index in [0.29, 0.717) is 11.3 Å². The van der Waals surface area contributed by atoms with Gasteiger partial charge in [0.15, 0.2) is 5.92 Å². The van der Waals surface area contributed by atoms with Gasteiger partial charge in [0.05, 0.1) is 13.2 Å². The van der Waals surface area contributed by atoms with Crippen molar-refractivity contribution in [1.29, 1.82) is 0 Å². The summed E-state index contributed by atoms with van der Waals surface area (Å²) in [5.41, 5.74) is 1.18. The average Bonchev–Trinajstić information content (AvgIpc) is 2.76. The van der Waals surface area contributed by atoms with E-state index in [2.05, 4.69) is 20.9 Å². The molecular formula is C15H17BrN2O4. The minimum Gasteiger partial charge on any atom is -0.465 e. The van der Waals surface area contributed by atoms with Crippen LogP contribution in [-0.4, -0.2) is 34.7 Å². The zero-order valence-corrected chi connectivity index (χ0v) is 14.2. The van der Waals surface area contributed by atoms with Crippen LogP contribution < -0.4 is 0 Å². The molecule has 2 rings (SSSR count). The average molecular weight is 369 g/mol. The largest absolute Gasteiger partial charge is 0.465 e. The van der Waals surface area contributed by atoms with Crippen molar-refractivity contribution in [3.05, 3.63) is 28.5 Å². The number of halogens is 1. The molecule has 0 saturated heterocycles. The van der Waals surface area contributed by atoms with E-state index in [-0.39, 0.29) is 13.2 Å². The van der Waals surface area contributed by atoms with Gasteiger partial charge in [-0.3, -0.25) is 9.59 Å². The van der Waals surface area contributed by atoms with Gasteiger partial charge in [-0.15, -0.1) is 0 Å². The Balaban J connectivity index is 2.53. The molecule has 0 saturated carbocycles. The summed E-state index contributed by atoms with van der Waals surface area (Å²) in [6.45, 7) is 3.78. The highest BCUT2D eigenvalue weighted by Crippen LogP contribution is 2.27. The summed E-state index contributed by atoms with van der Waals surface area (Å²) in [6, 6.07) is 3.63. The van der Waals surface area contributed by atoms with Crippen LogP contribution in [0.1, 0.15) is 25.5 Å². The molecule has 0 spiro atoms. The molecule has 0 N–H and O–H groups in total. The van der Waals surface area contributed by atoms with Gasteiger partial charge in [0.1, 0.15) is 5.65 Å². The van der Waals surface area contributed by atoms with E-state index in [1.165, 1.54) is 0 Å². The van der Waals surface area contributed by atoms with E-state index in [9.17, 15) is 9.59 Å². The van der Waals surface area contributed by atoms with Crippen molar-refractivity contribution in [2.75, 3.05) is 13.2 Å². The predicted molar refractivity (Wildman–Crippen MR) is 84.4 cm³/mol. The first-order valence-corrected chi connectivity index (χ1v) is 7.73. The smallest absolute Gasteiger partial charge is 0.326 e. The zero-order chi connectivity index (χ0) is 16.3. The fourth-order valence-corrected chi connectivity index (χ4v) is 2.63. The van der Waals surface area contributed by atoms with Gasteiger partial charge in [-0.1, -0.05) is 0 Å². The van der Waals surface area contributed by atoms with E-state index in [1.54, 1.807) is 37.7 Å². The van der Waals surface area contributed by atoms with E-state index < -0.39 is 17.9 Å². The van der Waals surface area contributed by atoms with E-state index in [0.717, 1.165) is 9.86 Å². The molecule has 0 bridgehead atoms. The second-order valence-electron chi connectivity index (χ2n) is 4.63. The summed E-state index contributed by atoms with van der Waals surface area (Å²) in [6.07, 6.45) is 1.66. The summed E-state index contributed by atoms with van der Waals surface area (Å²) in [4.78, 5) is 28.7. The summed E-state index contributed by atoms with van der Waals surface area (Å²) in [5, 5.41) is 0.825. The van der Waals surface area contributed by atoms with Crippen molar-refractivity contribution in [3.63, 3.8) is 0 Å². The maximum atomic E-state index is 12.2. The zero-order valence-electron chi connectivity index (χ0n) is 12.6. The van der Waals surface area contributed by atoms with Crippen LogP contribution >= 0.6 is 15.9 Å². The number of carbonyl (C=O) groups excluding carboxylic acids is 2. The van der Waals surface area contributed by atoms with Crippen LogP contribution in [-0.2, 0) is 26.1 Å². The summed E-state index contributed by atoms with van der Waals surface area (Å²) in [7, 11) is 1.75. The standard InChI is InChI=1S/C15H17BrN2O4/c1-4-21-14(19)12(15(20)22-5-2)11-7-9-6-10(16)8-17-13(9)18(11)3/h6-8,12H,4-5H2,1-3H3. The molecule has 0 aliphatic rings. The maximum absolute atomic E-state index is 12.2. The number of aryl methyl sites for hydroxylation is 1. The number of pyridine rings is 1. The van der Waals surface area contributed by atoms with Crippen molar-refractivity contribution in [1.82, 2.24) is 9.55 Å². The highest BCUT2D eigenvalue weighted by Gasteiger charge is 2.34. The van der Waals surface area contributed by atoms with Crippen molar-refractivity contribution < 1.29 is 19.1 Å². The molecule has 2 heterocycles. The highest BCUT2D eigenvalue weighted by molar-refractivity contribution is 9.10. The predicted octanol–water partition coefficient (Wildman–Crippen LogP) is 2.55. The molecule has 2 aromatic heterocycles. The summed E-state index contributed by atoms with van der Waals surface area (Å²) >= 11 is 3.36. The number of ether oxygens (including phenoxy) is 2. The minimum absolute atomic E-state index is 0.197. The molecule has 7 heteroatoms. The van der Waals surface area contributed by atoms with Gasteiger partial charge in [0, 0.05) is 28.8 Å². The first kappa shape index (κ1) is 16.5. The van der Waals surface area contributed by atoms with Crippen LogP contribution in [0.25, 0.3) is 11.0 Å². The molecule has 0 radical (unpaired) electrons. The molecule has 118 valence electrons. The Morgan fingerprint density at radius 2 is 1.82 bits per heavy atom. The van der Waals surface area contributed by atoms with Gasteiger partial charge in [0.25, 0.3) is 0 Å². The molecule has 0 atom stereocenters. The number of fused-ring (bicyclic) bond motifs is 1. The van der Waals surface area contributed by atoms with E-state index in [1.807, 2.05) is 6.07 Å². The lowest BCUT2D eigenvalue weighted by atomic mass is 10.1. The van der Waals surface area contributed by atoms with Crippen molar-refractivity contribution in [3.8, 4) is 0 Å². The Kier molecular flexibility index (Phi) is 5.18. The second-order valence-corrected chi connectivity index (χ2v) is 5.55. The lowest BCUT2D eigenvalue weighted by molar-refractivity contribution is -0.157. The Morgan fingerprint density at radius 1 is 1.23 bits per heavy atom. The van der Waals surface area contributed by atoms with Crippen LogP contribution in [0.15, 0.2) is 22.8 Å². The van der Waals surface area contributed by atoms with E-state index >= 15 is 0 Å². The molecule has 0 aromatic carbocycles. The van der Waals surface area contributed by atoms with Gasteiger partial charge in [0.2, 0.25) is 0 Å². The topological polar surface area (TPSA) is 70.4 Å².